The molecule has 0 spiro atoms. The van der Waals surface area contributed by atoms with E-state index in [0.29, 0.717) is 6.61 Å². The Morgan fingerprint density at radius 1 is 1.09 bits per heavy atom. The Kier molecular flexibility index (Phi) is 10.7. The van der Waals surface area contributed by atoms with E-state index in [1.165, 1.54) is 44.6 Å². The van der Waals surface area contributed by atoms with Crippen LogP contribution in [0.1, 0.15) is 58.3 Å². The Labute approximate surface area is 140 Å². The first-order valence-corrected chi connectivity index (χ1v) is 8.77. The summed E-state index contributed by atoms with van der Waals surface area (Å²) in [5.41, 5.74) is 0. The van der Waals surface area contributed by atoms with Gasteiger partial charge in [-0.2, -0.15) is 0 Å². The van der Waals surface area contributed by atoms with E-state index >= 15 is 0 Å². The minimum absolute atomic E-state index is 0.212. The van der Waals surface area contributed by atoms with Crippen molar-refractivity contribution in [2.75, 3.05) is 6.61 Å². The first-order chi connectivity index (χ1) is 11.3. The predicted octanol–water partition coefficient (Wildman–Crippen LogP) is 5.30. The van der Waals surface area contributed by atoms with Crippen LogP contribution in [0, 0.1) is 0 Å². The molecule has 1 rings (SSSR count). The lowest BCUT2D eigenvalue weighted by Crippen LogP contribution is -2.24. The predicted molar refractivity (Wildman–Crippen MR) is 94.6 cm³/mol. The molecule has 0 aromatic heterocycles. The van der Waals surface area contributed by atoms with Crippen LogP contribution in [0.3, 0.4) is 0 Å². The van der Waals surface area contributed by atoms with Gasteiger partial charge >= 0.3 is 5.97 Å². The molecule has 0 N–H and O–H groups in total. The van der Waals surface area contributed by atoms with E-state index in [1.807, 2.05) is 30.3 Å². The normalized spacial score (nSPS) is 11.7. The highest BCUT2D eigenvalue weighted by Gasteiger charge is 2.13. The molecule has 23 heavy (non-hydrogen) atoms. The molecule has 128 valence electrons. The fraction of sp³-hybridized carbons (Fsp3) is 0.550. The number of esters is 1. The second-order valence-electron chi connectivity index (χ2n) is 5.80. The van der Waals surface area contributed by atoms with E-state index in [9.17, 15) is 4.79 Å². The van der Waals surface area contributed by atoms with Gasteiger partial charge in [-0.25, -0.2) is 4.79 Å². The minimum Gasteiger partial charge on any atom is -0.490 e. The number of hydrogen-bond donors (Lipinski definition) is 0. The lowest BCUT2D eigenvalue weighted by molar-refractivity contribution is -0.144. The largest absolute Gasteiger partial charge is 0.490 e. The van der Waals surface area contributed by atoms with Crippen molar-refractivity contribution in [3.63, 3.8) is 0 Å². The van der Waals surface area contributed by atoms with Crippen LogP contribution >= 0.6 is 0 Å². The molecule has 0 saturated carbocycles. The van der Waals surface area contributed by atoms with Crippen molar-refractivity contribution in [2.45, 2.75) is 64.4 Å². The van der Waals surface area contributed by atoms with Crippen LogP contribution in [-0.2, 0) is 9.53 Å². The maximum atomic E-state index is 11.4. The molecule has 0 aliphatic rings. The highest BCUT2D eigenvalue weighted by Crippen LogP contribution is 2.14. The number of carbonyl (C=O) groups is 1. The van der Waals surface area contributed by atoms with Crippen molar-refractivity contribution in [2.24, 2.45) is 0 Å². The lowest BCUT2D eigenvalue weighted by Gasteiger charge is -2.17. The summed E-state index contributed by atoms with van der Waals surface area (Å²) < 4.78 is 11.1. The van der Waals surface area contributed by atoms with E-state index in [1.54, 1.807) is 0 Å². The van der Waals surface area contributed by atoms with Crippen LogP contribution in [0.5, 0.6) is 5.75 Å². The van der Waals surface area contributed by atoms with Crippen molar-refractivity contribution >= 4 is 5.97 Å². The highest BCUT2D eigenvalue weighted by atomic mass is 16.6. The van der Waals surface area contributed by atoms with Crippen molar-refractivity contribution in [3.8, 4) is 5.75 Å². The second-order valence-corrected chi connectivity index (χ2v) is 5.80. The quantitative estimate of drug-likeness (QED) is 0.281. The average Bonchev–Trinajstić information content (AvgIpc) is 2.59. The Morgan fingerprint density at radius 2 is 1.74 bits per heavy atom. The number of rotatable bonds is 13. The number of ether oxygens (including phenoxy) is 2. The van der Waals surface area contributed by atoms with Crippen molar-refractivity contribution in [1.82, 2.24) is 0 Å². The summed E-state index contributed by atoms with van der Waals surface area (Å²) in [5.74, 6) is 0.418. The molecular weight excluding hydrogens is 288 g/mol. The topological polar surface area (TPSA) is 35.5 Å². The summed E-state index contributed by atoms with van der Waals surface area (Å²) >= 11 is 0. The molecule has 0 radical (unpaired) electrons. The van der Waals surface area contributed by atoms with Crippen LogP contribution in [-0.4, -0.2) is 18.7 Å². The number of para-hydroxylation sites is 1. The monoisotopic (exact) mass is 318 g/mol. The first kappa shape index (κ1) is 19.3. The molecule has 0 heterocycles. The number of carbonyl (C=O) groups excluding carboxylic acids is 1. The molecular formula is C20H30O3. The van der Waals surface area contributed by atoms with Crippen LogP contribution in [0.2, 0.25) is 0 Å². The van der Waals surface area contributed by atoms with Gasteiger partial charge in [-0.15, -0.1) is 0 Å². The molecule has 1 aromatic rings. The van der Waals surface area contributed by atoms with Gasteiger partial charge in [0.2, 0.25) is 0 Å². The maximum Gasteiger partial charge on any atom is 0.330 e. The summed E-state index contributed by atoms with van der Waals surface area (Å²) in [6.45, 7) is 6.07. The van der Waals surface area contributed by atoms with Gasteiger partial charge in [-0.3, -0.25) is 0 Å². The third-order valence-electron chi connectivity index (χ3n) is 3.76. The SMILES string of the molecule is C=CC(=O)OC(CCCCCCCCC)COc1ccccc1. The van der Waals surface area contributed by atoms with Gasteiger partial charge in [0.15, 0.2) is 0 Å². The summed E-state index contributed by atoms with van der Waals surface area (Å²) in [7, 11) is 0. The Bertz CT molecular complexity index is 428. The van der Waals surface area contributed by atoms with E-state index in [0.717, 1.165) is 18.6 Å². The number of benzene rings is 1. The third kappa shape index (κ3) is 9.77. The van der Waals surface area contributed by atoms with Gasteiger partial charge in [-0.05, 0) is 25.0 Å². The zero-order valence-corrected chi connectivity index (χ0v) is 14.3. The third-order valence-corrected chi connectivity index (χ3v) is 3.76. The van der Waals surface area contributed by atoms with Crippen molar-refractivity contribution < 1.29 is 14.3 Å². The lowest BCUT2D eigenvalue weighted by atomic mass is 10.1. The number of hydrogen-bond acceptors (Lipinski definition) is 3. The van der Waals surface area contributed by atoms with E-state index < -0.39 is 0 Å². The average molecular weight is 318 g/mol. The fourth-order valence-corrected chi connectivity index (χ4v) is 2.42. The molecule has 1 unspecified atom stereocenters. The Balaban J connectivity index is 2.28. The van der Waals surface area contributed by atoms with E-state index in [4.69, 9.17) is 9.47 Å². The summed E-state index contributed by atoms with van der Waals surface area (Å²) in [6.07, 6.45) is 10.5. The Hall–Kier alpha value is -1.77. The van der Waals surface area contributed by atoms with Gasteiger partial charge in [0.1, 0.15) is 18.5 Å². The second kappa shape index (κ2) is 12.7. The van der Waals surface area contributed by atoms with Gasteiger partial charge < -0.3 is 9.47 Å². The minimum atomic E-state index is -0.380. The molecule has 1 aromatic carbocycles. The molecule has 0 amide bonds. The Morgan fingerprint density at radius 3 is 2.39 bits per heavy atom. The molecule has 0 aliphatic heterocycles. The van der Waals surface area contributed by atoms with Crippen LogP contribution in [0.4, 0.5) is 0 Å². The van der Waals surface area contributed by atoms with Crippen LogP contribution < -0.4 is 4.74 Å². The van der Waals surface area contributed by atoms with E-state index in [2.05, 4.69) is 13.5 Å². The number of unbranched alkanes of at least 4 members (excludes halogenated alkanes) is 6. The van der Waals surface area contributed by atoms with Crippen LogP contribution in [0.25, 0.3) is 0 Å². The van der Waals surface area contributed by atoms with Crippen molar-refractivity contribution in [3.05, 3.63) is 43.0 Å². The fourth-order valence-electron chi connectivity index (χ4n) is 2.42. The molecule has 3 heteroatoms. The molecule has 1 atom stereocenters. The maximum absolute atomic E-state index is 11.4. The van der Waals surface area contributed by atoms with Crippen molar-refractivity contribution in [1.29, 1.82) is 0 Å². The van der Waals surface area contributed by atoms with Crippen LogP contribution in [0.15, 0.2) is 43.0 Å². The molecule has 0 bridgehead atoms. The zero-order chi connectivity index (χ0) is 16.8. The molecule has 3 nitrogen and oxygen atoms in total. The summed E-state index contributed by atoms with van der Waals surface area (Å²) in [4.78, 5) is 11.4. The van der Waals surface area contributed by atoms with Gasteiger partial charge in [0.25, 0.3) is 0 Å². The standard InChI is InChI=1S/C20H30O3/c1-3-5-6-7-8-9-11-16-19(23-20(21)4-2)17-22-18-14-12-10-13-15-18/h4,10,12-15,19H,2-3,5-9,11,16-17H2,1H3. The zero-order valence-electron chi connectivity index (χ0n) is 14.3. The molecule has 0 saturated heterocycles. The van der Waals surface area contributed by atoms with Gasteiger partial charge in [-0.1, -0.05) is 70.2 Å². The first-order valence-electron chi connectivity index (χ1n) is 8.77. The summed E-state index contributed by atoms with van der Waals surface area (Å²) in [5, 5.41) is 0. The van der Waals surface area contributed by atoms with Gasteiger partial charge in [0, 0.05) is 6.08 Å². The highest BCUT2D eigenvalue weighted by molar-refractivity contribution is 5.81. The summed E-state index contributed by atoms with van der Waals surface area (Å²) in [6, 6.07) is 9.60. The smallest absolute Gasteiger partial charge is 0.330 e. The van der Waals surface area contributed by atoms with Gasteiger partial charge in [0.05, 0.1) is 0 Å². The molecule has 0 fully saturated rings. The molecule has 0 aliphatic carbocycles. The van der Waals surface area contributed by atoms with E-state index in [-0.39, 0.29) is 12.1 Å².